The highest BCUT2D eigenvalue weighted by molar-refractivity contribution is 6.02. The van der Waals surface area contributed by atoms with Gasteiger partial charge in [-0.25, -0.2) is 0 Å². The lowest BCUT2D eigenvalue weighted by molar-refractivity contribution is -0.111. The molecule has 4 rings (SSSR count). The maximum Gasteiger partial charge on any atom is 0.253 e. The van der Waals surface area contributed by atoms with Crippen molar-refractivity contribution in [3.63, 3.8) is 0 Å². The topological polar surface area (TPSA) is 62.6 Å². The van der Waals surface area contributed by atoms with Crippen molar-refractivity contribution in [3.05, 3.63) is 59.6 Å². The second kappa shape index (κ2) is 7.43. The summed E-state index contributed by atoms with van der Waals surface area (Å²) in [5.74, 6) is 2.74. The van der Waals surface area contributed by atoms with Crippen LogP contribution < -0.4 is 5.32 Å². The van der Waals surface area contributed by atoms with Crippen LogP contribution in [0.1, 0.15) is 54.0 Å². The lowest BCUT2D eigenvalue weighted by atomic mass is 10.2. The van der Waals surface area contributed by atoms with Gasteiger partial charge in [0.05, 0.1) is 0 Å². The van der Waals surface area contributed by atoms with Gasteiger partial charge in [-0.1, -0.05) is 6.92 Å². The van der Waals surface area contributed by atoms with E-state index in [4.69, 9.17) is 4.42 Å². The highest BCUT2D eigenvalue weighted by Gasteiger charge is 2.36. The van der Waals surface area contributed by atoms with E-state index >= 15 is 0 Å². The van der Waals surface area contributed by atoms with Crippen LogP contribution in [0, 0.1) is 5.92 Å². The number of hydrogen-bond acceptors (Lipinski definition) is 3. The summed E-state index contributed by atoms with van der Waals surface area (Å²) in [5.41, 5.74) is 1.32. The number of carbonyl (C=O) groups is 2. The average Bonchev–Trinajstić information content (AvgIpc) is 3.11. The largest absolute Gasteiger partial charge is 0.461 e. The summed E-state index contributed by atoms with van der Waals surface area (Å²) in [6.45, 7) is 3.87. The molecule has 1 N–H and O–H groups in total. The molecule has 1 saturated heterocycles. The second-order valence-corrected chi connectivity index (χ2v) is 7.46. The Balaban J connectivity index is 1.32. The van der Waals surface area contributed by atoms with Gasteiger partial charge in [0.1, 0.15) is 11.5 Å². The van der Waals surface area contributed by atoms with Gasteiger partial charge >= 0.3 is 0 Å². The lowest BCUT2D eigenvalue weighted by Gasteiger charge is -2.15. The van der Waals surface area contributed by atoms with Crippen LogP contribution in [0.3, 0.4) is 0 Å². The fourth-order valence-electron chi connectivity index (χ4n) is 3.52. The van der Waals surface area contributed by atoms with Gasteiger partial charge in [-0.05, 0) is 67.7 Å². The number of nitrogens with zero attached hydrogens (tertiary/aromatic N) is 1. The van der Waals surface area contributed by atoms with Crippen LogP contribution in [0.2, 0.25) is 0 Å². The summed E-state index contributed by atoms with van der Waals surface area (Å²) < 4.78 is 5.76. The summed E-state index contributed by atoms with van der Waals surface area (Å²) in [5, 5.41) is 2.80. The van der Waals surface area contributed by atoms with Crippen molar-refractivity contribution in [2.45, 2.75) is 32.1 Å². The number of likely N-dealkylation sites (tertiary alicyclic amines) is 1. The Morgan fingerprint density at radius 1 is 1.11 bits per heavy atom. The van der Waals surface area contributed by atoms with Crippen molar-refractivity contribution in [1.82, 2.24) is 4.90 Å². The van der Waals surface area contributed by atoms with E-state index in [0.717, 1.165) is 31.7 Å². The molecule has 1 aliphatic carbocycles. The Kier molecular flexibility index (Phi) is 4.84. The Morgan fingerprint density at radius 2 is 1.81 bits per heavy atom. The van der Waals surface area contributed by atoms with Gasteiger partial charge in [-0.2, -0.15) is 0 Å². The molecule has 1 aliphatic heterocycles. The van der Waals surface area contributed by atoms with Crippen LogP contribution in [0.5, 0.6) is 0 Å². The predicted octanol–water partition coefficient (Wildman–Crippen LogP) is 4.29. The maximum atomic E-state index is 12.3. The number of anilines is 1. The number of carbonyl (C=O) groups excluding carboxylic acids is 2. The van der Waals surface area contributed by atoms with Gasteiger partial charge in [0.2, 0.25) is 5.91 Å². The van der Waals surface area contributed by atoms with Gasteiger partial charge in [0.15, 0.2) is 0 Å². The van der Waals surface area contributed by atoms with Crippen molar-refractivity contribution in [1.29, 1.82) is 0 Å². The average molecular weight is 364 g/mol. The molecule has 0 unspecified atom stereocenters. The molecule has 0 spiro atoms. The van der Waals surface area contributed by atoms with E-state index in [9.17, 15) is 9.59 Å². The van der Waals surface area contributed by atoms with Crippen molar-refractivity contribution in [3.8, 4) is 0 Å². The minimum atomic E-state index is -0.230. The molecule has 1 aromatic heterocycles. The van der Waals surface area contributed by atoms with Crippen molar-refractivity contribution in [2.75, 3.05) is 18.4 Å². The third-order valence-corrected chi connectivity index (χ3v) is 5.31. The summed E-state index contributed by atoms with van der Waals surface area (Å²) in [6, 6.07) is 10.9. The summed E-state index contributed by atoms with van der Waals surface area (Å²) in [7, 11) is 0. The van der Waals surface area contributed by atoms with Crippen LogP contribution in [0.25, 0.3) is 6.08 Å². The van der Waals surface area contributed by atoms with Crippen LogP contribution in [0.4, 0.5) is 5.69 Å². The van der Waals surface area contributed by atoms with Crippen LogP contribution in [-0.2, 0) is 4.79 Å². The number of hydrogen-bond donors (Lipinski definition) is 1. The Bertz CT molecular complexity index is 860. The molecule has 1 saturated carbocycles. The van der Waals surface area contributed by atoms with E-state index in [2.05, 4.69) is 12.2 Å². The summed E-state index contributed by atoms with van der Waals surface area (Å²) >= 11 is 0. The van der Waals surface area contributed by atoms with Crippen LogP contribution in [0.15, 0.2) is 46.9 Å². The zero-order chi connectivity index (χ0) is 18.8. The Labute approximate surface area is 159 Å². The Hall–Kier alpha value is -2.82. The maximum absolute atomic E-state index is 12.3. The highest BCUT2D eigenvalue weighted by Crippen LogP contribution is 2.47. The van der Waals surface area contributed by atoms with Gasteiger partial charge in [0.25, 0.3) is 5.91 Å². The number of amides is 2. The fourth-order valence-corrected chi connectivity index (χ4v) is 3.52. The standard InChI is InChI=1S/C22H24N2O3/c1-15-14-19(15)20-10-8-18(27-20)9-11-21(25)23-17-6-4-16(5-7-17)22(26)24-12-2-3-13-24/h4-11,15,19H,2-3,12-14H2,1H3,(H,23,25)/b11-9+/t15-,19+/m0/s1. The minimum absolute atomic E-state index is 0.0591. The number of rotatable bonds is 5. The molecule has 2 heterocycles. The molecule has 27 heavy (non-hydrogen) atoms. The molecule has 2 fully saturated rings. The third-order valence-electron chi connectivity index (χ3n) is 5.31. The van der Waals surface area contributed by atoms with Crippen LogP contribution in [-0.4, -0.2) is 29.8 Å². The predicted molar refractivity (Wildman–Crippen MR) is 104 cm³/mol. The van der Waals surface area contributed by atoms with Crippen molar-refractivity contribution < 1.29 is 14.0 Å². The van der Waals surface area contributed by atoms with Gasteiger partial charge in [-0.3, -0.25) is 9.59 Å². The molecular weight excluding hydrogens is 340 g/mol. The van der Waals surface area contributed by atoms with Gasteiger partial charge < -0.3 is 14.6 Å². The smallest absolute Gasteiger partial charge is 0.253 e. The first kappa shape index (κ1) is 17.6. The van der Waals surface area contributed by atoms with Crippen molar-refractivity contribution in [2.24, 2.45) is 5.92 Å². The van der Waals surface area contributed by atoms with E-state index < -0.39 is 0 Å². The van der Waals surface area contributed by atoms with E-state index in [1.54, 1.807) is 30.3 Å². The molecule has 5 nitrogen and oxygen atoms in total. The van der Waals surface area contributed by atoms with E-state index in [1.165, 1.54) is 12.5 Å². The highest BCUT2D eigenvalue weighted by atomic mass is 16.3. The molecule has 2 aliphatic rings. The SMILES string of the molecule is C[C@H]1C[C@H]1c1ccc(/C=C/C(=O)Nc2ccc(C(=O)N3CCCC3)cc2)o1. The monoisotopic (exact) mass is 364 g/mol. The zero-order valence-corrected chi connectivity index (χ0v) is 15.5. The van der Waals surface area contributed by atoms with Crippen molar-refractivity contribution >= 4 is 23.6 Å². The summed E-state index contributed by atoms with van der Waals surface area (Å²) in [6.07, 6.45) is 6.46. The fraction of sp³-hybridized carbons (Fsp3) is 0.364. The summed E-state index contributed by atoms with van der Waals surface area (Å²) in [4.78, 5) is 26.3. The number of nitrogens with one attached hydrogen (secondary N) is 1. The van der Waals surface area contributed by atoms with Crippen LogP contribution >= 0.6 is 0 Å². The van der Waals surface area contributed by atoms with Gasteiger partial charge in [-0.15, -0.1) is 0 Å². The third kappa shape index (κ3) is 4.13. The molecule has 140 valence electrons. The van der Waals surface area contributed by atoms with E-state index in [-0.39, 0.29) is 11.8 Å². The Morgan fingerprint density at radius 3 is 2.48 bits per heavy atom. The number of furan rings is 1. The second-order valence-electron chi connectivity index (χ2n) is 7.46. The molecule has 1 aromatic carbocycles. The molecule has 5 heteroatoms. The molecular formula is C22H24N2O3. The lowest BCUT2D eigenvalue weighted by Crippen LogP contribution is -2.27. The first-order chi connectivity index (χ1) is 13.1. The normalized spacial score (nSPS) is 21.6. The molecule has 2 aromatic rings. The first-order valence-corrected chi connectivity index (χ1v) is 9.58. The molecule has 0 radical (unpaired) electrons. The molecule has 2 amide bonds. The van der Waals surface area contributed by atoms with E-state index in [1.807, 2.05) is 17.0 Å². The first-order valence-electron chi connectivity index (χ1n) is 9.58. The number of benzene rings is 1. The molecule has 2 atom stereocenters. The van der Waals surface area contributed by atoms with Gasteiger partial charge in [0, 0.05) is 36.3 Å². The minimum Gasteiger partial charge on any atom is -0.461 e. The zero-order valence-electron chi connectivity index (χ0n) is 15.5. The van der Waals surface area contributed by atoms with E-state index in [0.29, 0.717) is 28.8 Å². The molecule has 0 bridgehead atoms. The quantitative estimate of drug-likeness (QED) is 0.805.